The number of aliphatic hydroxyl groups is 3. The van der Waals surface area contributed by atoms with Crippen LogP contribution in [-0.4, -0.2) is 46.1 Å². The first-order valence-electron chi connectivity index (χ1n) is 20.8. The molecular weight excluding hydrogens is 570 g/mol. The molecule has 0 rings (SSSR count). The first-order valence-corrected chi connectivity index (χ1v) is 20.8. The predicted molar refractivity (Wildman–Crippen MR) is 199 cm³/mol. The van der Waals surface area contributed by atoms with Crippen molar-refractivity contribution in [1.29, 1.82) is 0 Å². The first kappa shape index (κ1) is 45.3. The molecule has 0 radical (unpaired) electrons. The molecule has 0 aromatic carbocycles. The number of unbranched alkanes of at least 4 members (excludes halogenated alkanes) is 30. The zero-order chi connectivity index (χ0) is 33.8. The minimum Gasteiger partial charge on any atom is -0.394 e. The van der Waals surface area contributed by atoms with Gasteiger partial charge in [0.2, 0.25) is 5.91 Å². The fourth-order valence-corrected chi connectivity index (χ4v) is 6.69. The number of aliphatic hydroxyl groups excluding tert-OH is 3. The van der Waals surface area contributed by atoms with Crippen LogP contribution < -0.4 is 5.32 Å². The summed E-state index contributed by atoms with van der Waals surface area (Å²) in [6.07, 6.45) is 40.6. The number of hydrogen-bond acceptors (Lipinski definition) is 4. The van der Waals surface area contributed by atoms with Gasteiger partial charge >= 0.3 is 0 Å². The number of carbonyl (C=O) groups excluding carboxylic acids is 1. The summed E-state index contributed by atoms with van der Waals surface area (Å²) in [5, 5.41) is 33.4. The van der Waals surface area contributed by atoms with E-state index in [4.69, 9.17) is 0 Å². The van der Waals surface area contributed by atoms with Crippen molar-refractivity contribution in [1.82, 2.24) is 5.32 Å². The molecule has 46 heavy (non-hydrogen) atoms. The molecule has 0 saturated carbocycles. The number of carbonyl (C=O) groups is 1. The zero-order valence-corrected chi connectivity index (χ0v) is 31.2. The van der Waals surface area contributed by atoms with Crippen molar-refractivity contribution in [2.24, 2.45) is 0 Å². The smallest absolute Gasteiger partial charge is 0.220 e. The molecular formula is C41H83NO4. The molecule has 0 heterocycles. The van der Waals surface area contributed by atoms with E-state index in [0.29, 0.717) is 12.8 Å². The topological polar surface area (TPSA) is 89.8 Å². The summed E-state index contributed by atoms with van der Waals surface area (Å²) < 4.78 is 0. The summed E-state index contributed by atoms with van der Waals surface area (Å²) >= 11 is 0. The van der Waals surface area contributed by atoms with E-state index in [-0.39, 0.29) is 12.5 Å². The second kappa shape index (κ2) is 37.2. The third-order valence-corrected chi connectivity index (χ3v) is 9.96. The highest BCUT2D eigenvalue weighted by Gasteiger charge is 2.26. The molecule has 276 valence electrons. The van der Waals surface area contributed by atoms with Crippen molar-refractivity contribution in [3.8, 4) is 0 Å². The van der Waals surface area contributed by atoms with Crippen LogP contribution in [0.5, 0.6) is 0 Å². The van der Waals surface area contributed by atoms with Gasteiger partial charge in [0.05, 0.1) is 18.8 Å². The highest BCUT2D eigenvalue weighted by Crippen LogP contribution is 2.17. The van der Waals surface area contributed by atoms with E-state index in [1.54, 1.807) is 0 Å². The standard InChI is InChI=1S/C41H83NO4/c1-3-5-7-9-11-13-15-17-18-19-20-21-22-23-24-26-28-30-32-34-36-40(45)42-38(37-43)41(46)39(44)35-33-31-29-27-25-16-14-12-10-8-6-4-2/h38-39,41,43-44,46H,3-37H2,1-2H3,(H,42,45)/t38-,39?,41+/m1/s1. The summed E-state index contributed by atoms with van der Waals surface area (Å²) in [4.78, 5) is 12.4. The van der Waals surface area contributed by atoms with Crippen molar-refractivity contribution in [3.63, 3.8) is 0 Å². The Bertz CT molecular complexity index is 601. The molecule has 3 atom stereocenters. The Morgan fingerprint density at radius 2 is 0.739 bits per heavy atom. The molecule has 0 fully saturated rings. The second-order valence-corrected chi connectivity index (χ2v) is 14.6. The molecule has 0 bridgehead atoms. The maximum atomic E-state index is 12.4. The highest BCUT2D eigenvalue weighted by atomic mass is 16.3. The van der Waals surface area contributed by atoms with Crippen LogP contribution in [0.4, 0.5) is 0 Å². The Morgan fingerprint density at radius 3 is 1.04 bits per heavy atom. The molecule has 0 aliphatic heterocycles. The Labute approximate surface area is 287 Å². The number of rotatable bonds is 38. The van der Waals surface area contributed by atoms with Crippen LogP contribution in [0.25, 0.3) is 0 Å². The van der Waals surface area contributed by atoms with Crippen LogP contribution in [0.3, 0.4) is 0 Å². The Morgan fingerprint density at radius 1 is 0.457 bits per heavy atom. The van der Waals surface area contributed by atoms with Crippen molar-refractivity contribution in [3.05, 3.63) is 0 Å². The molecule has 5 nitrogen and oxygen atoms in total. The lowest BCUT2D eigenvalue weighted by molar-refractivity contribution is -0.124. The predicted octanol–water partition coefficient (Wildman–Crippen LogP) is 11.5. The summed E-state index contributed by atoms with van der Waals surface area (Å²) in [5.41, 5.74) is 0. The van der Waals surface area contributed by atoms with E-state index in [2.05, 4.69) is 19.2 Å². The van der Waals surface area contributed by atoms with Crippen molar-refractivity contribution in [2.45, 2.75) is 250 Å². The van der Waals surface area contributed by atoms with Crippen LogP contribution in [0, 0.1) is 0 Å². The van der Waals surface area contributed by atoms with Gasteiger partial charge in [-0.2, -0.15) is 0 Å². The van der Waals surface area contributed by atoms with E-state index < -0.39 is 18.2 Å². The van der Waals surface area contributed by atoms with Gasteiger partial charge in [0, 0.05) is 6.42 Å². The van der Waals surface area contributed by atoms with Crippen molar-refractivity contribution in [2.75, 3.05) is 6.61 Å². The molecule has 0 saturated heterocycles. The third kappa shape index (κ3) is 31.9. The number of hydrogen-bond donors (Lipinski definition) is 4. The molecule has 0 aliphatic rings. The summed E-state index contributed by atoms with van der Waals surface area (Å²) in [7, 11) is 0. The van der Waals surface area contributed by atoms with Crippen LogP contribution >= 0.6 is 0 Å². The van der Waals surface area contributed by atoms with Crippen LogP contribution in [-0.2, 0) is 4.79 Å². The van der Waals surface area contributed by atoms with Crippen molar-refractivity contribution < 1.29 is 20.1 Å². The molecule has 0 spiro atoms. The van der Waals surface area contributed by atoms with E-state index in [1.165, 1.54) is 167 Å². The average molecular weight is 654 g/mol. The first-order chi connectivity index (χ1) is 22.6. The molecule has 5 heteroatoms. The van der Waals surface area contributed by atoms with Crippen molar-refractivity contribution >= 4 is 5.91 Å². The second-order valence-electron chi connectivity index (χ2n) is 14.6. The van der Waals surface area contributed by atoms with Crippen LogP contribution in [0.2, 0.25) is 0 Å². The van der Waals surface area contributed by atoms with Gasteiger partial charge in [-0.15, -0.1) is 0 Å². The van der Waals surface area contributed by atoms with Gasteiger partial charge in [0.25, 0.3) is 0 Å². The van der Waals surface area contributed by atoms with E-state index in [9.17, 15) is 20.1 Å². The minimum atomic E-state index is -1.13. The zero-order valence-electron chi connectivity index (χ0n) is 31.2. The molecule has 0 aromatic rings. The number of nitrogens with one attached hydrogen (secondary N) is 1. The monoisotopic (exact) mass is 654 g/mol. The molecule has 1 amide bonds. The van der Waals surface area contributed by atoms with Gasteiger partial charge in [-0.25, -0.2) is 0 Å². The Balaban J connectivity index is 3.58. The minimum absolute atomic E-state index is 0.141. The third-order valence-electron chi connectivity index (χ3n) is 9.96. The van der Waals surface area contributed by atoms with Gasteiger partial charge in [0.15, 0.2) is 0 Å². The summed E-state index contributed by atoms with van der Waals surface area (Å²) in [5.74, 6) is -0.141. The fourth-order valence-electron chi connectivity index (χ4n) is 6.69. The Kier molecular flexibility index (Phi) is 36.6. The Hall–Kier alpha value is -0.650. The van der Waals surface area contributed by atoms with Gasteiger partial charge in [-0.1, -0.05) is 213 Å². The largest absolute Gasteiger partial charge is 0.394 e. The molecule has 0 aromatic heterocycles. The van der Waals surface area contributed by atoms with E-state index in [1.807, 2.05) is 0 Å². The SMILES string of the molecule is CCCCCCCCCCCCCCCCCCCCCCC(=O)N[C@H](CO)[C@H](O)C(O)CCCCCCCCCCCCCC. The van der Waals surface area contributed by atoms with Gasteiger partial charge < -0.3 is 20.6 Å². The van der Waals surface area contributed by atoms with Crippen LogP contribution in [0.1, 0.15) is 232 Å². The van der Waals surface area contributed by atoms with Crippen LogP contribution in [0.15, 0.2) is 0 Å². The lowest BCUT2D eigenvalue weighted by Gasteiger charge is -2.26. The van der Waals surface area contributed by atoms with E-state index in [0.717, 1.165) is 38.5 Å². The molecule has 0 aliphatic carbocycles. The quantitative estimate of drug-likeness (QED) is 0.0499. The maximum Gasteiger partial charge on any atom is 0.220 e. The van der Waals surface area contributed by atoms with Gasteiger partial charge in [-0.3, -0.25) is 4.79 Å². The van der Waals surface area contributed by atoms with Gasteiger partial charge in [0.1, 0.15) is 6.10 Å². The lowest BCUT2D eigenvalue weighted by atomic mass is 9.99. The highest BCUT2D eigenvalue weighted by molar-refractivity contribution is 5.76. The summed E-state index contributed by atoms with van der Waals surface area (Å²) in [6, 6.07) is -0.801. The molecule has 1 unspecified atom stereocenters. The fraction of sp³-hybridized carbons (Fsp3) is 0.976. The summed E-state index contributed by atoms with van der Waals surface area (Å²) in [6.45, 7) is 4.18. The van der Waals surface area contributed by atoms with E-state index >= 15 is 0 Å². The maximum absolute atomic E-state index is 12.4. The van der Waals surface area contributed by atoms with Gasteiger partial charge in [-0.05, 0) is 12.8 Å². The lowest BCUT2D eigenvalue weighted by Crippen LogP contribution is -2.50. The average Bonchev–Trinajstić information content (AvgIpc) is 3.06. The normalized spacial score (nSPS) is 13.6. The number of amides is 1. The molecule has 4 N–H and O–H groups in total.